The highest BCUT2D eigenvalue weighted by Gasteiger charge is 2.40. The molecule has 3 rings (SSSR count). The number of nitrogens with zero attached hydrogens (tertiary/aromatic N) is 3. The van der Waals surface area contributed by atoms with Gasteiger partial charge in [-0.3, -0.25) is 14.4 Å². The van der Waals surface area contributed by atoms with Crippen LogP contribution in [0, 0.1) is 22.7 Å². The number of nitrogens with one attached hydrogen (secondary N) is 1. The van der Waals surface area contributed by atoms with E-state index in [0.29, 0.717) is 36.0 Å². The summed E-state index contributed by atoms with van der Waals surface area (Å²) in [6.45, 7) is 6.77. The first-order chi connectivity index (χ1) is 14.2. The second kappa shape index (κ2) is 9.09. The van der Waals surface area contributed by atoms with Crippen LogP contribution in [-0.2, 0) is 14.4 Å². The molecule has 0 aliphatic carbocycles. The number of amides is 3. The largest absolute Gasteiger partial charge is 0.341 e. The van der Waals surface area contributed by atoms with E-state index in [0.717, 1.165) is 12.8 Å². The maximum atomic E-state index is 13.2. The smallest absolute Gasteiger partial charge is 0.248 e. The molecule has 160 valence electrons. The van der Waals surface area contributed by atoms with Gasteiger partial charge in [-0.1, -0.05) is 20.8 Å². The normalized spacial score (nSPS) is 21.8. The number of benzene rings is 1. The molecule has 3 amide bonds. The number of thioether (sulfide) groups is 1. The van der Waals surface area contributed by atoms with Crippen molar-refractivity contribution >= 4 is 35.2 Å². The number of rotatable bonds is 3. The SMILES string of the molecule is CC(C)(C)C(=O)N1CCCC(C(=O)N2CSCC2C(=O)Nc2ccc(C#N)cc2)C1. The van der Waals surface area contributed by atoms with Gasteiger partial charge in [0, 0.05) is 29.9 Å². The third-order valence-corrected chi connectivity index (χ3v) is 6.46. The first-order valence-electron chi connectivity index (χ1n) is 10.2. The summed E-state index contributed by atoms with van der Waals surface area (Å²) >= 11 is 1.56. The van der Waals surface area contributed by atoms with Crippen LogP contribution in [0.5, 0.6) is 0 Å². The van der Waals surface area contributed by atoms with E-state index in [1.165, 1.54) is 0 Å². The highest BCUT2D eigenvalue weighted by molar-refractivity contribution is 7.99. The van der Waals surface area contributed by atoms with Gasteiger partial charge in [-0.15, -0.1) is 11.8 Å². The van der Waals surface area contributed by atoms with Crippen LogP contribution in [0.2, 0.25) is 0 Å². The van der Waals surface area contributed by atoms with Crippen LogP contribution < -0.4 is 5.32 Å². The lowest BCUT2D eigenvalue weighted by Gasteiger charge is -2.37. The topological polar surface area (TPSA) is 93.5 Å². The molecule has 2 aliphatic heterocycles. The van der Waals surface area contributed by atoms with E-state index in [4.69, 9.17) is 5.26 Å². The lowest BCUT2D eigenvalue weighted by molar-refractivity contribution is -0.146. The van der Waals surface area contributed by atoms with E-state index in [9.17, 15) is 14.4 Å². The van der Waals surface area contributed by atoms with Crippen molar-refractivity contribution in [2.24, 2.45) is 11.3 Å². The molecular formula is C22H28N4O3S. The molecule has 0 aromatic heterocycles. The molecule has 2 aliphatic rings. The van der Waals surface area contributed by atoms with Gasteiger partial charge in [-0.25, -0.2) is 0 Å². The highest BCUT2D eigenvalue weighted by Crippen LogP contribution is 2.29. The molecule has 0 bridgehead atoms. The molecule has 0 spiro atoms. The Morgan fingerprint density at radius 2 is 1.90 bits per heavy atom. The molecule has 2 atom stereocenters. The Bertz CT molecular complexity index is 857. The number of likely N-dealkylation sites (tertiary alicyclic amines) is 1. The summed E-state index contributed by atoms with van der Waals surface area (Å²) in [6.07, 6.45) is 1.53. The Balaban J connectivity index is 1.65. The second-order valence-corrected chi connectivity index (χ2v) is 9.84. The van der Waals surface area contributed by atoms with Crippen LogP contribution in [0.1, 0.15) is 39.2 Å². The Morgan fingerprint density at radius 1 is 1.20 bits per heavy atom. The molecule has 0 radical (unpaired) electrons. The number of carbonyl (C=O) groups excluding carboxylic acids is 3. The Labute approximate surface area is 181 Å². The van der Waals surface area contributed by atoms with Crippen molar-refractivity contribution < 1.29 is 14.4 Å². The van der Waals surface area contributed by atoms with Gasteiger partial charge in [0.25, 0.3) is 0 Å². The van der Waals surface area contributed by atoms with Crippen molar-refractivity contribution in [2.45, 2.75) is 39.7 Å². The predicted octanol–water partition coefficient (Wildman–Crippen LogP) is 2.68. The summed E-state index contributed by atoms with van der Waals surface area (Å²) in [5.41, 5.74) is 0.647. The van der Waals surface area contributed by atoms with E-state index in [1.54, 1.807) is 45.8 Å². The fourth-order valence-corrected chi connectivity index (χ4v) is 4.97. The fourth-order valence-electron chi connectivity index (χ4n) is 3.80. The Kier molecular flexibility index (Phi) is 6.71. The van der Waals surface area contributed by atoms with Gasteiger partial charge in [0.1, 0.15) is 6.04 Å². The zero-order valence-corrected chi connectivity index (χ0v) is 18.5. The van der Waals surface area contributed by atoms with Crippen LogP contribution >= 0.6 is 11.8 Å². The molecule has 1 aromatic rings. The van der Waals surface area contributed by atoms with Gasteiger partial charge in [-0.05, 0) is 37.1 Å². The monoisotopic (exact) mass is 428 g/mol. The summed E-state index contributed by atoms with van der Waals surface area (Å²) in [5.74, 6) is 0.543. The molecule has 2 heterocycles. The molecule has 1 N–H and O–H groups in total. The minimum atomic E-state index is -0.535. The molecule has 2 fully saturated rings. The first kappa shape index (κ1) is 22.2. The minimum Gasteiger partial charge on any atom is -0.341 e. The summed E-state index contributed by atoms with van der Waals surface area (Å²) in [7, 11) is 0. The summed E-state index contributed by atoms with van der Waals surface area (Å²) in [5, 5.41) is 11.7. The first-order valence-corrected chi connectivity index (χ1v) is 11.3. The second-order valence-electron chi connectivity index (χ2n) is 8.84. The van der Waals surface area contributed by atoms with Crippen LogP contribution in [0.25, 0.3) is 0 Å². The van der Waals surface area contributed by atoms with Gasteiger partial charge < -0.3 is 15.1 Å². The number of hydrogen-bond donors (Lipinski definition) is 1. The number of nitriles is 1. The lowest BCUT2D eigenvalue weighted by atomic mass is 9.90. The summed E-state index contributed by atoms with van der Waals surface area (Å²) in [4.78, 5) is 42.1. The molecule has 2 saturated heterocycles. The molecule has 0 saturated carbocycles. The van der Waals surface area contributed by atoms with E-state index >= 15 is 0 Å². The summed E-state index contributed by atoms with van der Waals surface area (Å²) < 4.78 is 0. The third kappa shape index (κ3) is 4.96. The number of carbonyl (C=O) groups is 3. The molecule has 1 aromatic carbocycles. The van der Waals surface area contributed by atoms with Gasteiger partial charge in [0.05, 0.1) is 23.4 Å². The molecule has 30 heavy (non-hydrogen) atoms. The van der Waals surface area contributed by atoms with Crippen LogP contribution in [0.4, 0.5) is 5.69 Å². The minimum absolute atomic E-state index is 0.0496. The van der Waals surface area contributed by atoms with Gasteiger partial charge in [0.2, 0.25) is 17.7 Å². The quantitative estimate of drug-likeness (QED) is 0.799. The van der Waals surface area contributed by atoms with Crippen molar-refractivity contribution in [1.82, 2.24) is 9.80 Å². The van der Waals surface area contributed by atoms with E-state index in [1.807, 2.05) is 26.8 Å². The van der Waals surface area contributed by atoms with Crippen LogP contribution in [-0.4, -0.2) is 58.3 Å². The molecular weight excluding hydrogens is 400 g/mol. The average molecular weight is 429 g/mol. The third-order valence-electron chi connectivity index (χ3n) is 5.45. The number of piperidine rings is 1. The van der Waals surface area contributed by atoms with Crippen molar-refractivity contribution in [3.63, 3.8) is 0 Å². The van der Waals surface area contributed by atoms with Gasteiger partial charge in [0.15, 0.2) is 0 Å². The van der Waals surface area contributed by atoms with Crippen LogP contribution in [0.15, 0.2) is 24.3 Å². The maximum absolute atomic E-state index is 13.2. The summed E-state index contributed by atoms with van der Waals surface area (Å²) in [6, 6.07) is 8.16. The molecule has 2 unspecified atom stereocenters. The van der Waals surface area contributed by atoms with Gasteiger partial charge >= 0.3 is 0 Å². The Morgan fingerprint density at radius 3 is 2.53 bits per heavy atom. The maximum Gasteiger partial charge on any atom is 0.248 e. The Hall–Kier alpha value is -2.53. The van der Waals surface area contributed by atoms with E-state index < -0.39 is 11.5 Å². The molecule has 7 nitrogen and oxygen atoms in total. The zero-order chi connectivity index (χ0) is 21.9. The van der Waals surface area contributed by atoms with Crippen LogP contribution in [0.3, 0.4) is 0 Å². The average Bonchev–Trinajstić information content (AvgIpc) is 3.22. The van der Waals surface area contributed by atoms with Crippen molar-refractivity contribution in [3.05, 3.63) is 29.8 Å². The zero-order valence-electron chi connectivity index (χ0n) is 17.7. The number of hydrogen-bond acceptors (Lipinski definition) is 5. The fraction of sp³-hybridized carbons (Fsp3) is 0.545. The number of anilines is 1. The molecule has 8 heteroatoms. The van der Waals surface area contributed by atoms with Crippen molar-refractivity contribution in [3.8, 4) is 6.07 Å². The van der Waals surface area contributed by atoms with E-state index in [-0.39, 0.29) is 23.6 Å². The highest BCUT2D eigenvalue weighted by atomic mass is 32.2. The van der Waals surface area contributed by atoms with Crippen molar-refractivity contribution in [2.75, 3.05) is 30.0 Å². The van der Waals surface area contributed by atoms with Crippen molar-refractivity contribution in [1.29, 1.82) is 5.26 Å². The predicted molar refractivity (Wildman–Crippen MR) is 117 cm³/mol. The van der Waals surface area contributed by atoms with Gasteiger partial charge in [-0.2, -0.15) is 5.26 Å². The lowest BCUT2D eigenvalue weighted by Crippen LogP contribution is -2.52. The standard InChI is InChI=1S/C22H28N4O3S/c1-22(2,3)21(29)25-10-4-5-16(12-25)20(28)26-14-30-13-18(26)19(27)24-17-8-6-15(11-23)7-9-17/h6-9,16,18H,4-5,10,12-14H2,1-3H3,(H,24,27). The van der Waals surface area contributed by atoms with E-state index in [2.05, 4.69) is 5.32 Å².